The molecular weight excluding hydrogens is 326 g/mol. The number of fused-ring (bicyclic) bond motifs is 4. The number of methoxy groups -OCH3 is 1. The van der Waals surface area contributed by atoms with Crippen molar-refractivity contribution in [3.8, 4) is 17.0 Å². The molecule has 5 aromatic rings. The number of benzene rings is 2. The molecule has 0 fully saturated rings. The van der Waals surface area contributed by atoms with Gasteiger partial charge in [-0.05, 0) is 24.3 Å². The number of aromatic amines is 2. The third kappa shape index (κ3) is 2.10. The van der Waals surface area contributed by atoms with E-state index in [1.807, 2.05) is 48.5 Å². The van der Waals surface area contributed by atoms with E-state index in [-0.39, 0.29) is 5.56 Å². The fourth-order valence-electron chi connectivity index (χ4n) is 3.54. The van der Waals surface area contributed by atoms with E-state index in [0.717, 1.165) is 49.7 Å². The molecule has 0 bridgehead atoms. The van der Waals surface area contributed by atoms with Crippen LogP contribution in [0.5, 0.6) is 5.75 Å². The highest BCUT2D eigenvalue weighted by Gasteiger charge is 2.14. The summed E-state index contributed by atoms with van der Waals surface area (Å²) in [4.78, 5) is 23.2. The molecule has 0 atom stereocenters. The molecule has 5 heteroatoms. The van der Waals surface area contributed by atoms with Crippen LogP contribution < -0.4 is 10.3 Å². The van der Waals surface area contributed by atoms with Crippen molar-refractivity contribution < 1.29 is 4.74 Å². The van der Waals surface area contributed by atoms with Crippen molar-refractivity contribution in [3.05, 3.63) is 71.1 Å². The van der Waals surface area contributed by atoms with Crippen LogP contribution in [0.2, 0.25) is 0 Å². The minimum absolute atomic E-state index is 0.134. The zero-order valence-corrected chi connectivity index (χ0v) is 14.0. The highest BCUT2D eigenvalue weighted by molar-refractivity contribution is 6.12. The number of hydrogen-bond donors (Lipinski definition) is 2. The minimum Gasteiger partial charge on any atom is -0.497 e. The van der Waals surface area contributed by atoms with Gasteiger partial charge in [0.2, 0.25) is 5.56 Å². The molecule has 0 amide bonds. The summed E-state index contributed by atoms with van der Waals surface area (Å²) in [6.07, 6.45) is 1.76. The molecule has 0 spiro atoms. The second-order valence-electron chi connectivity index (χ2n) is 6.21. The Balaban J connectivity index is 1.92. The molecule has 3 heterocycles. The Kier molecular flexibility index (Phi) is 3.09. The van der Waals surface area contributed by atoms with Crippen LogP contribution in [0.1, 0.15) is 0 Å². The summed E-state index contributed by atoms with van der Waals surface area (Å²) in [5, 5.41) is 2.88. The maximum atomic E-state index is 12.4. The molecule has 0 unspecified atom stereocenters. The molecule has 126 valence electrons. The number of H-pyrrole nitrogens is 2. The van der Waals surface area contributed by atoms with Gasteiger partial charge in [-0.15, -0.1) is 0 Å². The Hall–Kier alpha value is -3.60. The van der Waals surface area contributed by atoms with Crippen LogP contribution in [0.4, 0.5) is 0 Å². The number of hydrogen-bond acceptors (Lipinski definition) is 3. The molecule has 0 saturated heterocycles. The van der Waals surface area contributed by atoms with Crippen LogP contribution >= 0.6 is 0 Å². The number of aromatic nitrogens is 3. The second-order valence-corrected chi connectivity index (χ2v) is 6.21. The summed E-state index contributed by atoms with van der Waals surface area (Å²) in [6.45, 7) is 0. The van der Waals surface area contributed by atoms with Gasteiger partial charge in [0, 0.05) is 40.1 Å². The van der Waals surface area contributed by atoms with Gasteiger partial charge in [0.25, 0.3) is 0 Å². The van der Waals surface area contributed by atoms with E-state index >= 15 is 0 Å². The van der Waals surface area contributed by atoms with Crippen LogP contribution in [0, 0.1) is 0 Å². The molecule has 0 aliphatic heterocycles. The van der Waals surface area contributed by atoms with Crippen LogP contribution in [0.15, 0.2) is 65.6 Å². The SMILES string of the molecule is COc1ccc2c(c1)[nH]c1c(-c3ccnc4ccccc34)[nH]c(=O)cc12. The first-order valence-corrected chi connectivity index (χ1v) is 8.31. The lowest BCUT2D eigenvalue weighted by Crippen LogP contribution is -2.05. The Labute approximate surface area is 148 Å². The molecule has 2 N–H and O–H groups in total. The highest BCUT2D eigenvalue weighted by Crippen LogP contribution is 2.34. The first-order valence-electron chi connectivity index (χ1n) is 8.31. The molecule has 0 radical (unpaired) electrons. The third-order valence-electron chi connectivity index (χ3n) is 4.74. The van der Waals surface area contributed by atoms with Crippen LogP contribution in [0.25, 0.3) is 44.0 Å². The first-order chi connectivity index (χ1) is 12.7. The lowest BCUT2D eigenvalue weighted by molar-refractivity contribution is 0.415. The van der Waals surface area contributed by atoms with E-state index in [0.29, 0.717) is 0 Å². The Morgan fingerprint density at radius 2 is 1.81 bits per heavy atom. The monoisotopic (exact) mass is 341 g/mol. The minimum atomic E-state index is -0.134. The van der Waals surface area contributed by atoms with E-state index in [1.165, 1.54) is 0 Å². The van der Waals surface area contributed by atoms with Gasteiger partial charge in [-0.3, -0.25) is 9.78 Å². The van der Waals surface area contributed by atoms with E-state index in [4.69, 9.17) is 4.74 Å². The zero-order chi connectivity index (χ0) is 17.7. The molecule has 3 aromatic heterocycles. The molecule has 26 heavy (non-hydrogen) atoms. The number of ether oxygens (including phenoxy) is 1. The average molecular weight is 341 g/mol. The van der Waals surface area contributed by atoms with Gasteiger partial charge in [-0.25, -0.2) is 0 Å². The van der Waals surface area contributed by atoms with Crippen molar-refractivity contribution in [1.29, 1.82) is 0 Å². The number of nitrogens with zero attached hydrogens (tertiary/aromatic N) is 1. The molecular formula is C21H15N3O2. The summed E-state index contributed by atoms with van der Waals surface area (Å²) in [5.74, 6) is 0.770. The normalized spacial score (nSPS) is 11.4. The van der Waals surface area contributed by atoms with Crippen LogP contribution in [0.3, 0.4) is 0 Å². The summed E-state index contributed by atoms with van der Waals surface area (Å²) in [6, 6.07) is 17.3. The Bertz CT molecular complexity index is 1340. The van der Waals surface area contributed by atoms with Gasteiger partial charge in [0.15, 0.2) is 0 Å². The number of pyridine rings is 2. The van der Waals surface area contributed by atoms with Crippen molar-refractivity contribution in [2.24, 2.45) is 0 Å². The molecule has 2 aromatic carbocycles. The first kappa shape index (κ1) is 14.7. The topological polar surface area (TPSA) is 70.8 Å². The van der Waals surface area contributed by atoms with Gasteiger partial charge in [0.05, 0.1) is 29.4 Å². The largest absolute Gasteiger partial charge is 0.497 e. The lowest BCUT2D eigenvalue weighted by Gasteiger charge is -2.07. The smallest absolute Gasteiger partial charge is 0.249 e. The standard InChI is InChI=1S/C21H15N3O2/c1-26-12-6-7-14-16-11-19(25)24-20(21(16)23-18(14)10-12)15-8-9-22-17-5-3-2-4-13(15)17/h2-11,23H,1H3,(H,24,25). The quantitative estimate of drug-likeness (QED) is 0.505. The van der Waals surface area contributed by atoms with E-state index in [1.54, 1.807) is 19.4 Å². The van der Waals surface area contributed by atoms with E-state index < -0.39 is 0 Å². The van der Waals surface area contributed by atoms with E-state index in [9.17, 15) is 4.79 Å². The van der Waals surface area contributed by atoms with Gasteiger partial charge in [-0.2, -0.15) is 0 Å². The van der Waals surface area contributed by atoms with E-state index in [2.05, 4.69) is 15.0 Å². The van der Waals surface area contributed by atoms with Crippen LogP contribution in [-0.2, 0) is 0 Å². The van der Waals surface area contributed by atoms with Crippen LogP contribution in [-0.4, -0.2) is 22.1 Å². The fourth-order valence-corrected chi connectivity index (χ4v) is 3.54. The van der Waals surface area contributed by atoms with Crippen molar-refractivity contribution in [1.82, 2.24) is 15.0 Å². The molecule has 0 aliphatic rings. The van der Waals surface area contributed by atoms with Crippen molar-refractivity contribution in [2.45, 2.75) is 0 Å². The molecule has 0 aliphatic carbocycles. The van der Waals surface area contributed by atoms with Gasteiger partial charge in [-0.1, -0.05) is 18.2 Å². The maximum Gasteiger partial charge on any atom is 0.249 e. The summed E-state index contributed by atoms with van der Waals surface area (Å²) >= 11 is 0. The lowest BCUT2D eigenvalue weighted by atomic mass is 10.0. The Morgan fingerprint density at radius 3 is 2.69 bits per heavy atom. The number of para-hydroxylation sites is 1. The average Bonchev–Trinajstić information content (AvgIpc) is 3.04. The second kappa shape index (κ2) is 5.46. The van der Waals surface area contributed by atoms with Gasteiger partial charge in [0.1, 0.15) is 5.75 Å². The summed E-state index contributed by atoms with van der Waals surface area (Å²) in [5.41, 5.74) is 4.28. The molecule has 5 rings (SSSR count). The molecule has 5 nitrogen and oxygen atoms in total. The summed E-state index contributed by atoms with van der Waals surface area (Å²) < 4.78 is 5.32. The van der Waals surface area contributed by atoms with Gasteiger partial charge < -0.3 is 14.7 Å². The zero-order valence-electron chi connectivity index (χ0n) is 14.0. The molecule has 0 saturated carbocycles. The van der Waals surface area contributed by atoms with Crippen molar-refractivity contribution in [3.63, 3.8) is 0 Å². The maximum absolute atomic E-state index is 12.4. The third-order valence-corrected chi connectivity index (χ3v) is 4.74. The predicted octanol–water partition coefficient (Wildman–Crippen LogP) is 4.23. The fraction of sp³-hybridized carbons (Fsp3) is 0.0476. The van der Waals surface area contributed by atoms with Gasteiger partial charge >= 0.3 is 0 Å². The number of rotatable bonds is 2. The Morgan fingerprint density at radius 1 is 0.923 bits per heavy atom. The highest BCUT2D eigenvalue weighted by atomic mass is 16.5. The summed E-state index contributed by atoms with van der Waals surface area (Å²) in [7, 11) is 1.64. The van der Waals surface area contributed by atoms with Crippen molar-refractivity contribution >= 4 is 32.7 Å². The number of nitrogens with one attached hydrogen (secondary N) is 2. The van der Waals surface area contributed by atoms with Crippen molar-refractivity contribution in [2.75, 3.05) is 7.11 Å². The predicted molar refractivity (Wildman–Crippen MR) is 104 cm³/mol.